The molecule has 0 spiro atoms. The van der Waals surface area contributed by atoms with Gasteiger partial charge in [0.1, 0.15) is 0 Å². The topological polar surface area (TPSA) is 23.5 Å². The van der Waals surface area contributed by atoms with E-state index in [0.29, 0.717) is 5.92 Å². The molecule has 0 radical (unpaired) electrons. The Hall–Kier alpha value is -0.730. The van der Waals surface area contributed by atoms with Crippen molar-refractivity contribution in [3.8, 4) is 0 Å². The lowest BCUT2D eigenvalue weighted by atomic mass is 9.94. The van der Waals surface area contributed by atoms with Crippen molar-refractivity contribution in [2.45, 2.75) is 39.2 Å². The summed E-state index contributed by atoms with van der Waals surface area (Å²) < 4.78 is 0. The first-order valence-corrected chi connectivity index (χ1v) is 6.96. The molecular weight excluding hydrogens is 246 g/mol. The smallest absolute Gasteiger partial charge is 0.0455 e. The molecule has 1 aliphatic rings. The highest BCUT2D eigenvalue weighted by Gasteiger charge is 2.37. The van der Waals surface area contributed by atoms with E-state index >= 15 is 0 Å². The molecule has 2 nitrogen and oxygen atoms in total. The molecule has 0 aliphatic carbocycles. The van der Waals surface area contributed by atoms with Crippen molar-refractivity contribution < 1.29 is 5.11 Å². The Kier molecular flexibility index (Phi) is 3.88. The van der Waals surface area contributed by atoms with Crippen LogP contribution in [0.4, 0.5) is 5.69 Å². The summed E-state index contributed by atoms with van der Waals surface area (Å²) in [5.41, 5.74) is 2.44. The Morgan fingerprint density at radius 3 is 2.78 bits per heavy atom. The van der Waals surface area contributed by atoms with Gasteiger partial charge in [0.05, 0.1) is 0 Å². The molecule has 0 aromatic heterocycles. The number of aliphatic hydroxyl groups excluding tert-OH is 1. The van der Waals surface area contributed by atoms with Crippen molar-refractivity contribution in [2.24, 2.45) is 5.92 Å². The number of benzene rings is 1. The maximum Gasteiger partial charge on any atom is 0.0455 e. The maximum atomic E-state index is 9.09. The Balaban J connectivity index is 2.24. The normalized spacial score (nSPS) is 22.5. The fraction of sp³-hybridized carbons (Fsp3) is 0.600. The number of hydrogen-bond donors (Lipinski definition) is 1. The van der Waals surface area contributed by atoms with Gasteiger partial charge in [0, 0.05) is 29.4 Å². The number of rotatable bonds is 3. The molecule has 1 unspecified atom stereocenters. The van der Waals surface area contributed by atoms with Crippen molar-refractivity contribution in [2.75, 3.05) is 18.1 Å². The fourth-order valence-electron chi connectivity index (χ4n) is 2.97. The molecule has 1 atom stereocenters. The Labute approximate surface area is 115 Å². The second-order valence-corrected chi connectivity index (χ2v) is 6.35. The van der Waals surface area contributed by atoms with Gasteiger partial charge in [-0.05, 0) is 57.2 Å². The van der Waals surface area contributed by atoms with Gasteiger partial charge in [-0.1, -0.05) is 17.7 Å². The van der Waals surface area contributed by atoms with Gasteiger partial charge >= 0.3 is 0 Å². The number of hydrogen-bond acceptors (Lipinski definition) is 2. The third-order valence-electron chi connectivity index (χ3n) is 3.96. The molecule has 1 saturated heterocycles. The highest BCUT2D eigenvalue weighted by atomic mass is 35.5. The highest BCUT2D eigenvalue weighted by molar-refractivity contribution is 6.31. The van der Waals surface area contributed by atoms with Crippen LogP contribution in [0.1, 0.15) is 32.3 Å². The number of nitrogens with zero attached hydrogens (tertiary/aromatic N) is 1. The lowest BCUT2D eigenvalue weighted by Gasteiger charge is -2.33. The van der Waals surface area contributed by atoms with E-state index in [9.17, 15) is 0 Å². The van der Waals surface area contributed by atoms with Crippen LogP contribution in [0.15, 0.2) is 18.2 Å². The lowest BCUT2D eigenvalue weighted by molar-refractivity contribution is 0.259. The summed E-state index contributed by atoms with van der Waals surface area (Å²) >= 11 is 6.22. The van der Waals surface area contributed by atoms with E-state index in [-0.39, 0.29) is 12.1 Å². The van der Waals surface area contributed by atoms with Crippen LogP contribution in [0.2, 0.25) is 5.02 Å². The van der Waals surface area contributed by atoms with Crippen molar-refractivity contribution in [1.29, 1.82) is 0 Å². The van der Waals surface area contributed by atoms with Crippen LogP contribution in [-0.2, 0) is 0 Å². The van der Waals surface area contributed by atoms with Crippen LogP contribution in [0.25, 0.3) is 0 Å². The van der Waals surface area contributed by atoms with E-state index in [0.717, 1.165) is 30.0 Å². The minimum Gasteiger partial charge on any atom is -0.396 e. The Morgan fingerprint density at radius 1 is 1.44 bits per heavy atom. The molecule has 3 heteroatoms. The predicted octanol–water partition coefficient (Wildman–Crippen LogP) is 3.64. The van der Waals surface area contributed by atoms with Crippen LogP contribution in [-0.4, -0.2) is 23.8 Å². The van der Waals surface area contributed by atoms with Crippen LogP contribution < -0.4 is 4.90 Å². The predicted molar refractivity (Wildman–Crippen MR) is 77.4 cm³/mol. The fourth-order valence-corrected chi connectivity index (χ4v) is 3.14. The zero-order chi connectivity index (χ0) is 13.3. The van der Waals surface area contributed by atoms with E-state index in [4.69, 9.17) is 16.7 Å². The first kappa shape index (κ1) is 13.7. The molecule has 0 bridgehead atoms. The van der Waals surface area contributed by atoms with Crippen LogP contribution >= 0.6 is 11.6 Å². The second-order valence-electron chi connectivity index (χ2n) is 5.94. The van der Waals surface area contributed by atoms with Gasteiger partial charge in [0.15, 0.2) is 0 Å². The second kappa shape index (κ2) is 5.10. The van der Waals surface area contributed by atoms with Crippen molar-refractivity contribution in [1.82, 2.24) is 0 Å². The molecule has 0 saturated carbocycles. The van der Waals surface area contributed by atoms with Crippen LogP contribution in [0.5, 0.6) is 0 Å². The summed E-state index contributed by atoms with van der Waals surface area (Å²) in [7, 11) is 0. The monoisotopic (exact) mass is 267 g/mol. The molecule has 1 heterocycles. The molecule has 1 aromatic rings. The minimum absolute atomic E-state index is 0.137. The summed E-state index contributed by atoms with van der Waals surface area (Å²) in [5.74, 6) is 0.574. The number of aliphatic hydroxyl groups is 1. The van der Waals surface area contributed by atoms with Gasteiger partial charge in [0.25, 0.3) is 0 Å². The summed E-state index contributed by atoms with van der Waals surface area (Å²) in [6.45, 7) is 7.84. The van der Waals surface area contributed by atoms with E-state index in [2.05, 4.69) is 36.9 Å². The largest absolute Gasteiger partial charge is 0.396 e. The van der Waals surface area contributed by atoms with E-state index < -0.39 is 0 Å². The quantitative estimate of drug-likeness (QED) is 0.904. The molecule has 18 heavy (non-hydrogen) atoms. The zero-order valence-corrected chi connectivity index (χ0v) is 12.2. The van der Waals surface area contributed by atoms with Crippen molar-refractivity contribution in [3.63, 3.8) is 0 Å². The van der Waals surface area contributed by atoms with E-state index in [1.807, 2.05) is 6.92 Å². The molecular formula is C15H22ClNO. The molecule has 1 N–H and O–H groups in total. The summed E-state index contributed by atoms with van der Waals surface area (Å²) in [5, 5.41) is 9.92. The SMILES string of the molecule is Cc1ccc(N2CC(CCO)CC2(C)C)cc1Cl. The third kappa shape index (κ3) is 2.65. The van der Waals surface area contributed by atoms with Gasteiger partial charge in [-0.3, -0.25) is 0 Å². The van der Waals surface area contributed by atoms with Crippen LogP contribution in [0, 0.1) is 12.8 Å². The summed E-state index contributed by atoms with van der Waals surface area (Å²) in [6.07, 6.45) is 2.01. The van der Waals surface area contributed by atoms with Gasteiger partial charge in [-0.15, -0.1) is 0 Å². The van der Waals surface area contributed by atoms with E-state index in [1.165, 1.54) is 5.69 Å². The van der Waals surface area contributed by atoms with Crippen molar-refractivity contribution in [3.05, 3.63) is 28.8 Å². The van der Waals surface area contributed by atoms with Gasteiger partial charge in [-0.25, -0.2) is 0 Å². The summed E-state index contributed by atoms with van der Waals surface area (Å²) in [4.78, 5) is 2.42. The van der Waals surface area contributed by atoms with Gasteiger partial charge in [0.2, 0.25) is 0 Å². The third-order valence-corrected chi connectivity index (χ3v) is 4.37. The molecule has 1 fully saturated rings. The number of halogens is 1. The minimum atomic E-state index is 0.137. The molecule has 1 aliphatic heterocycles. The van der Waals surface area contributed by atoms with Crippen LogP contribution in [0.3, 0.4) is 0 Å². The molecule has 2 rings (SSSR count). The Morgan fingerprint density at radius 2 is 2.17 bits per heavy atom. The maximum absolute atomic E-state index is 9.09. The first-order valence-electron chi connectivity index (χ1n) is 6.58. The highest BCUT2D eigenvalue weighted by Crippen LogP contribution is 2.39. The molecule has 0 amide bonds. The van der Waals surface area contributed by atoms with E-state index in [1.54, 1.807) is 0 Å². The zero-order valence-electron chi connectivity index (χ0n) is 11.4. The number of anilines is 1. The van der Waals surface area contributed by atoms with Gasteiger partial charge in [-0.2, -0.15) is 0 Å². The number of aryl methyl sites for hydroxylation is 1. The summed E-state index contributed by atoms with van der Waals surface area (Å²) in [6, 6.07) is 6.28. The van der Waals surface area contributed by atoms with Crippen molar-refractivity contribution >= 4 is 17.3 Å². The van der Waals surface area contributed by atoms with Gasteiger partial charge < -0.3 is 10.0 Å². The molecule has 1 aromatic carbocycles. The average Bonchev–Trinajstić information content (AvgIpc) is 2.58. The Bertz CT molecular complexity index is 431. The standard InChI is InChI=1S/C15H22ClNO/c1-11-4-5-13(8-14(11)16)17-10-12(6-7-18)9-15(17,2)3/h4-5,8,12,18H,6-7,9-10H2,1-3H3. The average molecular weight is 268 g/mol. The lowest BCUT2D eigenvalue weighted by Crippen LogP contribution is -2.38. The first-order chi connectivity index (χ1) is 8.44. The molecule has 100 valence electrons.